The van der Waals surface area contributed by atoms with Gasteiger partial charge in [0, 0.05) is 12.6 Å². The van der Waals surface area contributed by atoms with Crippen molar-refractivity contribution in [1.82, 2.24) is 9.78 Å². The zero-order valence-corrected chi connectivity index (χ0v) is 9.83. The molecule has 0 unspecified atom stereocenters. The Morgan fingerprint density at radius 1 is 1.50 bits per heavy atom. The summed E-state index contributed by atoms with van der Waals surface area (Å²) in [6, 6.07) is 7.65. The molecule has 6 nitrogen and oxygen atoms in total. The van der Waals surface area contributed by atoms with Gasteiger partial charge in [0.15, 0.2) is 17.2 Å². The van der Waals surface area contributed by atoms with Gasteiger partial charge in [0.25, 0.3) is 0 Å². The number of nitrogen functional groups attached to an aromatic ring is 1. The minimum atomic E-state index is -0.657. The molecule has 0 spiro atoms. The number of nitrogens with two attached hydrogens (primary N) is 1. The highest BCUT2D eigenvalue weighted by Crippen LogP contribution is 2.25. The number of aromatic hydroxyl groups is 1. The monoisotopic (exact) mass is 247 g/mol. The highest BCUT2D eigenvalue weighted by Gasteiger charge is 2.15. The Labute approximate surface area is 104 Å². The number of phenols is 1. The number of benzene rings is 1. The summed E-state index contributed by atoms with van der Waals surface area (Å²) in [5, 5.41) is 13.5. The first kappa shape index (κ1) is 12.0. The standard InChI is InChI=1S/C12H13N3O3/c1-2-15-11(13)7-8(14-15)12(17)18-10-6-4-3-5-9(10)16/h3-7,16H,2,13H2,1H3. The first-order valence-electron chi connectivity index (χ1n) is 5.45. The van der Waals surface area contributed by atoms with Crippen LogP contribution in [0.5, 0.6) is 11.5 Å². The lowest BCUT2D eigenvalue weighted by Gasteiger charge is -2.03. The molecule has 0 bridgehead atoms. The van der Waals surface area contributed by atoms with Gasteiger partial charge in [-0.2, -0.15) is 5.10 Å². The Kier molecular flexibility index (Phi) is 3.18. The number of phenolic OH excluding ortho intramolecular Hbond substituents is 1. The van der Waals surface area contributed by atoms with Gasteiger partial charge in [-0.15, -0.1) is 0 Å². The van der Waals surface area contributed by atoms with Crippen LogP contribution in [0.3, 0.4) is 0 Å². The van der Waals surface area contributed by atoms with Crippen LogP contribution in [0.25, 0.3) is 0 Å². The van der Waals surface area contributed by atoms with E-state index in [1.165, 1.54) is 22.9 Å². The number of hydrogen-bond donors (Lipinski definition) is 2. The predicted molar refractivity (Wildman–Crippen MR) is 65.4 cm³/mol. The van der Waals surface area contributed by atoms with E-state index in [1.54, 1.807) is 12.1 Å². The number of aryl methyl sites for hydroxylation is 1. The van der Waals surface area contributed by atoms with E-state index in [0.717, 1.165) is 0 Å². The molecule has 2 aromatic rings. The highest BCUT2D eigenvalue weighted by molar-refractivity contribution is 5.90. The molecule has 0 radical (unpaired) electrons. The quantitative estimate of drug-likeness (QED) is 0.632. The van der Waals surface area contributed by atoms with Crippen LogP contribution < -0.4 is 10.5 Å². The van der Waals surface area contributed by atoms with E-state index in [1.807, 2.05) is 6.92 Å². The number of carbonyl (C=O) groups is 1. The average molecular weight is 247 g/mol. The van der Waals surface area contributed by atoms with Gasteiger partial charge >= 0.3 is 5.97 Å². The van der Waals surface area contributed by atoms with Crippen LogP contribution in [0.1, 0.15) is 17.4 Å². The Bertz CT molecular complexity index is 578. The molecule has 6 heteroatoms. The molecule has 1 heterocycles. The van der Waals surface area contributed by atoms with Crippen molar-refractivity contribution in [2.24, 2.45) is 0 Å². The number of ether oxygens (including phenoxy) is 1. The van der Waals surface area contributed by atoms with Crippen molar-refractivity contribution in [3.63, 3.8) is 0 Å². The third-order valence-electron chi connectivity index (χ3n) is 2.39. The van der Waals surface area contributed by atoms with Crippen LogP contribution in [-0.4, -0.2) is 20.9 Å². The number of hydrogen-bond acceptors (Lipinski definition) is 5. The van der Waals surface area contributed by atoms with Crippen molar-refractivity contribution < 1.29 is 14.6 Å². The Balaban J connectivity index is 2.19. The molecular weight excluding hydrogens is 234 g/mol. The topological polar surface area (TPSA) is 90.4 Å². The fourth-order valence-electron chi connectivity index (χ4n) is 1.48. The molecule has 0 saturated heterocycles. The number of anilines is 1. The number of carbonyl (C=O) groups excluding carboxylic acids is 1. The Hall–Kier alpha value is -2.50. The average Bonchev–Trinajstić information content (AvgIpc) is 2.73. The fourth-order valence-corrected chi connectivity index (χ4v) is 1.48. The lowest BCUT2D eigenvalue weighted by atomic mass is 10.3. The lowest BCUT2D eigenvalue weighted by Crippen LogP contribution is -2.10. The number of para-hydroxylation sites is 2. The van der Waals surface area contributed by atoms with Crippen LogP contribution >= 0.6 is 0 Å². The molecule has 18 heavy (non-hydrogen) atoms. The van der Waals surface area contributed by atoms with Gasteiger partial charge in [0.1, 0.15) is 5.82 Å². The summed E-state index contributed by atoms with van der Waals surface area (Å²) in [6.07, 6.45) is 0. The smallest absolute Gasteiger partial charge is 0.364 e. The van der Waals surface area contributed by atoms with E-state index in [4.69, 9.17) is 10.5 Å². The summed E-state index contributed by atoms with van der Waals surface area (Å²) in [5.41, 5.74) is 5.77. The maximum Gasteiger partial charge on any atom is 0.364 e. The van der Waals surface area contributed by atoms with Crippen LogP contribution in [0, 0.1) is 0 Å². The molecule has 0 amide bonds. The SMILES string of the molecule is CCn1nc(C(=O)Oc2ccccc2O)cc1N. The summed E-state index contributed by atoms with van der Waals surface area (Å²) < 4.78 is 6.51. The van der Waals surface area contributed by atoms with E-state index in [0.29, 0.717) is 12.4 Å². The van der Waals surface area contributed by atoms with E-state index in [2.05, 4.69) is 5.10 Å². The molecule has 0 aliphatic heterocycles. The van der Waals surface area contributed by atoms with Crippen molar-refractivity contribution in [3.05, 3.63) is 36.0 Å². The van der Waals surface area contributed by atoms with Gasteiger partial charge in [0.2, 0.25) is 0 Å². The van der Waals surface area contributed by atoms with E-state index >= 15 is 0 Å². The maximum atomic E-state index is 11.8. The Morgan fingerprint density at radius 3 is 2.83 bits per heavy atom. The molecule has 3 N–H and O–H groups in total. The van der Waals surface area contributed by atoms with Gasteiger partial charge in [-0.3, -0.25) is 0 Å². The molecule has 0 aliphatic carbocycles. The molecule has 94 valence electrons. The summed E-state index contributed by atoms with van der Waals surface area (Å²) in [7, 11) is 0. The third-order valence-corrected chi connectivity index (χ3v) is 2.39. The van der Waals surface area contributed by atoms with Crippen molar-refractivity contribution in [1.29, 1.82) is 0 Å². The van der Waals surface area contributed by atoms with Gasteiger partial charge in [0.05, 0.1) is 0 Å². The largest absolute Gasteiger partial charge is 0.504 e. The van der Waals surface area contributed by atoms with E-state index < -0.39 is 5.97 Å². The molecule has 0 fully saturated rings. The molecule has 2 rings (SSSR count). The van der Waals surface area contributed by atoms with Crippen LogP contribution in [0.4, 0.5) is 5.82 Å². The molecule has 1 aromatic carbocycles. The predicted octanol–water partition coefficient (Wildman–Crippen LogP) is 1.41. The van der Waals surface area contributed by atoms with Crippen molar-refractivity contribution in [2.75, 3.05) is 5.73 Å². The first-order chi connectivity index (χ1) is 8.61. The number of nitrogens with zero attached hydrogens (tertiary/aromatic N) is 2. The molecule has 0 aliphatic rings. The zero-order valence-electron chi connectivity index (χ0n) is 9.83. The number of rotatable bonds is 3. The third kappa shape index (κ3) is 2.27. The van der Waals surface area contributed by atoms with Crippen LogP contribution in [0.15, 0.2) is 30.3 Å². The van der Waals surface area contributed by atoms with Crippen LogP contribution in [0.2, 0.25) is 0 Å². The normalized spacial score (nSPS) is 10.3. The van der Waals surface area contributed by atoms with Gasteiger partial charge in [-0.05, 0) is 19.1 Å². The summed E-state index contributed by atoms with van der Waals surface area (Å²) in [6.45, 7) is 2.43. The Morgan fingerprint density at radius 2 is 2.22 bits per heavy atom. The zero-order chi connectivity index (χ0) is 13.1. The summed E-state index contributed by atoms with van der Waals surface area (Å²) in [4.78, 5) is 11.8. The van der Waals surface area contributed by atoms with Crippen molar-refractivity contribution in [2.45, 2.75) is 13.5 Å². The number of esters is 1. The van der Waals surface area contributed by atoms with E-state index in [9.17, 15) is 9.90 Å². The summed E-state index contributed by atoms with van der Waals surface area (Å²) >= 11 is 0. The fraction of sp³-hybridized carbons (Fsp3) is 0.167. The highest BCUT2D eigenvalue weighted by atomic mass is 16.5. The first-order valence-corrected chi connectivity index (χ1v) is 5.45. The van der Waals surface area contributed by atoms with Gasteiger partial charge < -0.3 is 15.6 Å². The number of aromatic nitrogens is 2. The van der Waals surface area contributed by atoms with Gasteiger partial charge in [-0.1, -0.05) is 12.1 Å². The maximum absolute atomic E-state index is 11.8. The second-order valence-corrected chi connectivity index (χ2v) is 3.63. The van der Waals surface area contributed by atoms with Crippen LogP contribution in [-0.2, 0) is 6.54 Å². The summed E-state index contributed by atoms with van der Waals surface area (Å²) in [5.74, 6) is -0.280. The minimum Gasteiger partial charge on any atom is -0.504 e. The van der Waals surface area contributed by atoms with E-state index in [-0.39, 0.29) is 17.2 Å². The lowest BCUT2D eigenvalue weighted by molar-refractivity contribution is 0.0722. The second kappa shape index (κ2) is 4.79. The van der Waals surface area contributed by atoms with Gasteiger partial charge in [-0.25, -0.2) is 9.48 Å². The molecule has 1 aromatic heterocycles. The molecule has 0 atom stereocenters. The van der Waals surface area contributed by atoms with Crippen molar-refractivity contribution >= 4 is 11.8 Å². The minimum absolute atomic E-state index is 0.0899. The molecule has 0 saturated carbocycles. The van der Waals surface area contributed by atoms with Crippen molar-refractivity contribution in [3.8, 4) is 11.5 Å². The molecular formula is C12H13N3O3. The second-order valence-electron chi connectivity index (χ2n) is 3.63.